The molecule has 0 saturated carbocycles. The minimum absolute atomic E-state index is 0.0344. The van der Waals surface area contributed by atoms with Crippen LogP contribution in [0, 0.1) is 6.92 Å². The average molecular weight is 385 g/mol. The maximum absolute atomic E-state index is 13.5. The smallest absolute Gasteiger partial charge is 0.259 e. The van der Waals surface area contributed by atoms with Crippen molar-refractivity contribution in [1.82, 2.24) is 25.3 Å². The van der Waals surface area contributed by atoms with Crippen molar-refractivity contribution in [3.63, 3.8) is 0 Å². The van der Waals surface area contributed by atoms with E-state index in [9.17, 15) is 9.59 Å². The molecule has 0 radical (unpaired) electrons. The number of aryl methyl sites for hydroxylation is 1. The van der Waals surface area contributed by atoms with E-state index in [4.69, 9.17) is 4.52 Å². The lowest BCUT2D eigenvalue weighted by Gasteiger charge is -2.41. The van der Waals surface area contributed by atoms with Crippen molar-refractivity contribution in [2.45, 2.75) is 45.6 Å². The Labute approximate surface area is 164 Å². The highest BCUT2D eigenvalue weighted by molar-refractivity contribution is 6.06. The molecule has 2 aromatic heterocycles. The van der Waals surface area contributed by atoms with E-state index in [1.165, 1.54) is 0 Å². The first kappa shape index (κ1) is 18.9. The summed E-state index contributed by atoms with van der Waals surface area (Å²) in [5, 5.41) is 7.98. The lowest BCUT2D eigenvalue weighted by molar-refractivity contribution is -0.135. The molecule has 28 heavy (non-hydrogen) atoms. The van der Waals surface area contributed by atoms with Crippen molar-refractivity contribution in [1.29, 1.82) is 0 Å². The maximum atomic E-state index is 13.5. The molecule has 4 heterocycles. The first-order valence-electron chi connectivity index (χ1n) is 10.0. The predicted molar refractivity (Wildman–Crippen MR) is 104 cm³/mol. The number of hydrogen-bond acceptors (Lipinski definition) is 6. The van der Waals surface area contributed by atoms with Gasteiger partial charge in [0.25, 0.3) is 11.6 Å². The fourth-order valence-electron chi connectivity index (χ4n) is 4.23. The number of amides is 2. The summed E-state index contributed by atoms with van der Waals surface area (Å²) in [7, 11) is 0. The number of rotatable bonds is 3. The van der Waals surface area contributed by atoms with Crippen molar-refractivity contribution in [2.75, 3.05) is 32.7 Å². The van der Waals surface area contributed by atoms with Gasteiger partial charge in [0.05, 0.1) is 23.2 Å². The summed E-state index contributed by atoms with van der Waals surface area (Å²) in [6, 6.07) is 1.91. The molecule has 1 unspecified atom stereocenters. The molecular formula is C20H27N5O3. The van der Waals surface area contributed by atoms with Gasteiger partial charge in [0, 0.05) is 37.9 Å². The number of piperazine rings is 1. The quantitative estimate of drug-likeness (QED) is 0.865. The molecule has 4 rings (SSSR count). The standard InChI is InChI=1S/C20H27N5O3/c1-12(2)18-17-15(9-13(3)22-19(17)28-23-18)20(27)24-7-4-5-14(11-24)25-8-6-21-10-16(25)26/h9,12,14,21H,4-8,10-11H2,1-3H3. The topological polar surface area (TPSA) is 91.6 Å². The molecule has 0 spiro atoms. The van der Waals surface area contributed by atoms with E-state index in [2.05, 4.69) is 15.5 Å². The van der Waals surface area contributed by atoms with E-state index in [-0.39, 0.29) is 23.8 Å². The highest BCUT2D eigenvalue weighted by atomic mass is 16.5. The first-order chi connectivity index (χ1) is 13.5. The molecule has 2 saturated heterocycles. The molecule has 0 aliphatic carbocycles. The van der Waals surface area contributed by atoms with Gasteiger partial charge in [-0.3, -0.25) is 9.59 Å². The number of likely N-dealkylation sites (tertiary alicyclic amines) is 1. The third-order valence-corrected chi connectivity index (χ3v) is 5.63. The summed E-state index contributed by atoms with van der Waals surface area (Å²) in [5.41, 5.74) is 2.50. The molecule has 8 heteroatoms. The molecule has 8 nitrogen and oxygen atoms in total. The van der Waals surface area contributed by atoms with E-state index in [0.717, 1.165) is 30.8 Å². The second kappa shape index (κ2) is 7.50. The van der Waals surface area contributed by atoms with Gasteiger partial charge in [0.15, 0.2) is 0 Å². The van der Waals surface area contributed by atoms with Crippen molar-refractivity contribution in [3.8, 4) is 0 Å². The van der Waals surface area contributed by atoms with Gasteiger partial charge in [0.2, 0.25) is 5.91 Å². The fourth-order valence-corrected chi connectivity index (χ4v) is 4.23. The molecule has 2 amide bonds. The molecule has 0 aromatic carbocycles. The highest BCUT2D eigenvalue weighted by Crippen LogP contribution is 2.29. The Morgan fingerprint density at radius 2 is 2.18 bits per heavy atom. The van der Waals surface area contributed by atoms with Crippen LogP contribution in [0.5, 0.6) is 0 Å². The summed E-state index contributed by atoms with van der Waals surface area (Å²) in [6.07, 6.45) is 1.83. The minimum Gasteiger partial charge on any atom is -0.337 e. The van der Waals surface area contributed by atoms with Gasteiger partial charge >= 0.3 is 0 Å². The maximum Gasteiger partial charge on any atom is 0.259 e. The number of piperidine rings is 1. The van der Waals surface area contributed by atoms with Gasteiger partial charge in [0.1, 0.15) is 0 Å². The van der Waals surface area contributed by atoms with Crippen LogP contribution in [0.15, 0.2) is 10.6 Å². The van der Waals surface area contributed by atoms with Crippen LogP contribution >= 0.6 is 0 Å². The second-order valence-electron chi connectivity index (χ2n) is 8.02. The molecule has 1 atom stereocenters. The molecule has 2 aliphatic rings. The Morgan fingerprint density at radius 3 is 2.93 bits per heavy atom. The van der Waals surface area contributed by atoms with Gasteiger partial charge in [-0.1, -0.05) is 19.0 Å². The number of pyridine rings is 1. The molecular weight excluding hydrogens is 358 g/mol. The zero-order chi connectivity index (χ0) is 19.8. The molecule has 150 valence electrons. The molecule has 2 aliphatic heterocycles. The van der Waals surface area contributed by atoms with Crippen molar-refractivity contribution >= 4 is 22.9 Å². The van der Waals surface area contributed by atoms with Crippen LogP contribution in [0.2, 0.25) is 0 Å². The third-order valence-electron chi connectivity index (χ3n) is 5.63. The first-order valence-corrected chi connectivity index (χ1v) is 10.0. The minimum atomic E-state index is -0.0344. The van der Waals surface area contributed by atoms with Gasteiger partial charge in [-0.2, -0.15) is 0 Å². The number of carbonyl (C=O) groups excluding carboxylic acids is 2. The third kappa shape index (κ3) is 3.37. The van der Waals surface area contributed by atoms with Crippen LogP contribution in [0.1, 0.15) is 54.4 Å². The van der Waals surface area contributed by atoms with E-state index in [1.807, 2.05) is 36.6 Å². The van der Waals surface area contributed by atoms with E-state index in [1.54, 1.807) is 0 Å². The lowest BCUT2D eigenvalue weighted by Crippen LogP contribution is -2.57. The van der Waals surface area contributed by atoms with E-state index in [0.29, 0.717) is 42.8 Å². The summed E-state index contributed by atoms with van der Waals surface area (Å²) >= 11 is 0. The number of aromatic nitrogens is 2. The highest BCUT2D eigenvalue weighted by Gasteiger charge is 2.33. The Bertz CT molecular complexity index is 907. The van der Waals surface area contributed by atoms with E-state index < -0.39 is 0 Å². The monoisotopic (exact) mass is 385 g/mol. The second-order valence-corrected chi connectivity index (χ2v) is 8.02. The van der Waals surface area contributed by atoms with Crippen LogP contribution in [-0.4, -0.2) is 70.5 Å². The zero-order valence-corrected chi connectivity index (χ0v) is 16.7. The number of hydrogen-bond donors (Lipinski definition) is 1. The van der Waals surface area contributed by atoms with Gasteiger partial charge in [-0.15, -0.1) is 0 Å². The van der Waals surface area contributed by atoms with Gasteiger partial charge in [-0.05, 0) is 31.7 Å². The zero-order valence-electron chi connectivity index (χ0n) is 16.7. The summed E-state index contributed by atoms with van der Waals surface area (Å²) in [5.74, 6) is 0.214. The van der Waals surface area contributed by atoms with Crippen LogP contribution in [0.25, 0.3) is 11.1 Å². The summed E-state index contributed by atoms with van der Waals surface area (Å²) < 4.78 is 5.41. The predicted octanol–water partition coefficient (Wildman–Crippen LogP) is 1.69. The Kier molecular flexibility index (Phi) is 5.05. The molecule has 0 bridgehead atoms. The molecule has 2 aromatic rings. The van der Waals surface area contributed by atoms with Crippen molar-refractivity contribution in [3.05, 3.63) is 23.0 Å². The van der Waals surface area contributed by atoms with Crippen LogP contribution in [0.4, 0.5) is 0 Å². The largest absolute Gasteiger partial charge is 0.337 e. The van der Waals surface area contributed by atoms with Crippen LogP contribution in [0.3, 0.4) is 0 Å². The van der Waals surface area contributed by atoms with Gasteiger partial charge in [-0.25, -0.2) is 4.98 Å². The summed E-state index contributed by atoms with van der Waals surface area (Å²) in [4.78, 5) is 33.9. The van der Waals surface area contributed by atoms with Crippen molar-refractivity contribution < 1.29 is 14.1 Å². The van der Waals surface area contributed by atoms with Crippen molar-refractivity contribution in [2.24, 2.45) is 0 Å². The lowest BCUT2D eigenvalue weighted by atomic mass is 9.99. The summed E-state index contributed by atoms with van der Waals surface area (Å²) in [6.45, 7) is 9.05. The number of carbonyl (C=O) groups is 2. The van der Waals surface area contributed by atoms with E-state index >= 15 is 0 Å². The van der Waals surface area contributed by atoms with Crippen LogP contribution in [-0.2, 0) is 4.79 Å². The SMILES string of the molecule is Cc1cc(C(=O)N2CCCC(N3CCNCC3=O)C2)c2c(C(C)C)noc2n1. The number of nitrogens with zero attached hydrogens (tertiary/aromatic N) is 4. The Morgan fingerprint density at radius 1 is 1.36 bits per heavy atom. The number of nitrogens with one attached hydrogen (secondary N) is 1. The Balaban J connectivity index is 1.64. The average Bonchev–Trinajstić information content (AvgIpc) is 3.11. The molecule has 2 fully saturated rings. The van der Waals surface area contributed by atoms with Gasteiger partial charge < -0.3 is 19.6 Å². The normalized spacial score (nSPS) is 21.0. The fraction of sp³-hybridized carbons (Fsp3) is 0.600. The molecule has 1 N–H and O–H groups in total. The van der Waals surface area contributed by atoms with Crippen LogP contribution < -0.4 is 5.32 Å². The number of fused-ring (bicyclic) bond motifs is 1. The Hall–Kier alpha value is -2.48.